The van der Waals surface area contributed by atoms with Crippen molar-refractivity contribution in [3.8, 4) is 22.9 Å². The molecule has 0 bridgehead atoms. The maximum Gasteiger partial charge on any atom is 0.210 e. The fourth-order valence-electron chi connectivity index (χ4n) is 2.49. The maximum atomic E-state index is 6.17. The lowest BCUT2D eigenvalue weighted by Gasteiger charge is -2.12. The summed E-state index contributed by atoms with van der Waals surface area (Å²) in [5.41, 5.74) is 3.08. The van der Waals surface area contributed by atoms with Gasteiger partial charge in [-0.1, -0.05) is 23.4 Å². The fourth-order valence-corrected chi connectivity index (χ4v) is 3.54. The van der Waals surface area contributed by atoms with E-state index in [9.17, 15) is 0 Å². The Morgan fingerprint density at radius 3 is 2.38 bits per heavy atom. The number of methoxy groups -OCH3 is 2. The molecule has 2 aromatic carbocycles. The molecule has 0 fully saturated rings. The number of nitrogen functional groups attached to an aromatic ring is 1. The van der Waals surface area contributed by atoms with Crippen molar-refractivity contribution < 1.29 is 9.47 Å². The molecule has 3 rings (SSSR count). The van der Waals surface area contributed by atoms with Crippen molar-refractivity contribution in [2.24, 2.45) is 0 Å². The first-order valence-corrected chi connectivity index (χ1v) is 9.20. The van der Waals surface area contributed by atoms with Gasteiger partial charge in [0.25, 0.3) is 0 Å². The van der Waals surface area contributed by atoms with Crippen LogP contribution in [0.2, 0.25) is 5.02 Å². The van der Waals surface area contributed by atoms with Crippen molar-refractivity contribution in [1.29, 1.82) is 0 Å². The first-order chi connectivity index (χ1) is 12.5. The standard InChI is InChI=1S/C18H19ClN4O2S/c1-11-8-15(24-2)16(25-3)9-13(11)10-26-18-22-21-17(23(18)20)12-4-6-14(19)7-5-12/h4-9H,10,20H2,1-3H3. The van der Waals surface area contributed by atoms with Crippen molar-refractivity contribution in [3.63, 3.8) is 0 Å². The van der Waals surface area contributed by atoms with Gasteiger partial charge in [0, 0.05) is 16.3 Å². The zero-order chi connectivity index (χ0) is 18.7. The zero-order valence-corrected chi connectivity index (χ0v) is 16.3. The number of nitrogens with zero attached hydrogens (tertiary/aromatic N) is 3. The highest BCUT2D eigenvalue weighted by Gasteiger charge is 2.14. The summed E-state index contributed by atoms with van der Waals surface area (Å²) in [6.45, 7) is 2.03. The third kappa shape index (κ3) is 3.73. The summed E-state index contributed by atoms with van der Waals surface area (Å²) in [6.07, 6.45) is 0. The number of halogens is 1. The zero-order valence-electron chi connectivity index (χ0n) is 14.7. The Bertz CT molecular complexity index is 912. The van der Waals surface area contributed by atoms with Crippen LogP contribution in [0.1, 0.15) is 11.1 Å². The second-order valence-corrected chi connectivity index (χ2v) is 6.98. The molecule has 0 saturated heterocycles. The Labute approximate surface area is 161 Å². The van der Waals surface area contributed by atoms with Crippen LogP contribution in [0.25, 0.3) is 11.4 Å². The van der Waals surface area contributed by atoms with Crippen LogP contribution in [0.15, 0.2) is 41.6 Å². The first-order valence-electron chi connectivity index (χ1n) is 7.84. The second-order valence-electron chi connectivity index (χ2n) is 5.61. The lowest BCUT2D eigenvalue weighted by atomic mass is 10.1. The SMILES string of the molecule is COc1cc(C)c(CSc2nnc(-c3ccc(Cl)cc3)n2N)cc1OC. The highest BCUT2D eigenvalue weighted by atomic mass is 35.5. The van der Waals surface area contributed by atoms with E-state index in [0.717, 1.165) is 16.7 Å². The number of rotatable bonds is 6. The van der Waals surface area contributed by atoms with Gasteiger partial charge in [0.05, 0.1) is 14.2 Å². The number of nitrogens with two attached hydrogens (primary N) is 1. The first kappa shape index (κ1) is 18.4. The molecule has 1 aromatic heterocycles. The van der Waals surface area contributed by atoms with Crippen LogP contribution in [0.3, 0.4) is 0 Å². The van der Waals surface area contributed by atoms with Crippen LogP contribution < -0.4 is 15.3 Å². The Kier molecular flexibility index (Phi) is 5.58. The molecule has 0 amide bonds. The smallest absolute Gasteiger partial charge is 0.210 e. The number of aryl methyl sites for hydroxylation is 1. The number of aromatic nitrogens is 3. The predicted molar refractivity (Wildman–Crippen MR) is 104 cm³/mol. The molecule has 0 atom stereocenters. The van der Waals surface area contributed by atoms with E-state index >= 15 is 0 Å². The second kappa shape index (κ2) is 7.88. The molecule has 0 aliphatic heterocycles. The summed E-state index contributed by atoms with van der Waals surface area (Å²) in [7, 11) is 3.25. The molecule has 0 aliphatic rings. The van der Waals surface area contributed by atoms with Crippen LogP contribution in [-0.2, 0) is 5.75 Å². The third-order valence-electron chi connectivity index (χ3n) is 3.97. The van der Waals surface area contributed by atoms with E-state index in [2.05, 4.69) is 10.2 Å². The van der Waals surface area contributed by atoms with E-state index in [1.165, 1.54) is 16.4 Å². The van der Waals surface area contributed by atoms with Crippen LogP contribution in [0.5, 0.6) is 11.5 Å². The molecule has 0 saturated carbocycles. The van der Waals surface area contributed by atoms with Gasteiger partial charge in [-0.15, -0.1) is 10.2 Å². The van der Waals surface area contributed by atoms with E-state index in [1.807, 2.05) is 31.2 Å². The molecule has 6 nitrogen and oxygen atoms in total. The van der Waals surface area contributed by atoms with E-state index in [0.29, 0.717) is 33.3 Å². The molecule has 1 heterocycles. The van der Waals surface area contributed by atoms with E-state index < -0.39 is 0 Å². The van der Waals surface area contributed by atoms with Crippen molar-refractivity contribution in [2.45, 2.75) is 17.8 Å². The van der Waals surface area contributed by atoms with Gasteiger partial charge >= 0.3 is 0 Å². The van der Waals surface area contributed by atoms with Crippen molar-refractivity contribution in [3.05, 3.63) is 52.5 Å². The third-order valence-corrected chi connectivity index (χ3v) is 5.21. The highest BCUT2D eigenvalue weighted by molar-refractivity contribution is 7.98. The molecular weight excluding hydrogens is 372 g/mol. The summed E-state index contributed by atoms with van der Waals surface area (Å²) < 4.78 is 12.2. The van der Waals surface area contributed by atoms with Gasteiger partial charge < -0.3 is 15.3 Å². The van der Waals surface area contributed by atoms with Gasteiger partial charge in [0.1, 0.15) is 0 Å². The fraction of sp³-hybridized carbons (Fsp3) is 0.222. The number of hydrogen-bond acceptors (Lipinski definition) is 6. The molecule has 2 N–H and O–H groups in total. The van der Waals surface area contributed by atoms with Gasteiger partial charge in [0.2, 0.25) is 5.16 Å². The number of hydrogen-bond donors (Lipinski definition) is 1. The Morgan fingerprint density at radius 2 is 1.73 bits per heavy atom. The Hall–Kier alpha value is -2.38. The summed E-state index contributed by atoms with van der Waals surface area (Å²) >= 11 is 7.43. The lowest BCUT2D eigenvalue weighted by molar-refractivity contribution is 0.354. The average molecular weight is 391 g/mol. The molecular formula is C18H19ClN4O2S. The van der Waals surface area contributed by atoms with Crippen molar-refractivity contribution in [2.75, 3.05) is 20.1 Å². The largest absolute Gasteiger partial charge is 0.493 e. The van der Waals surface area contributed by atoms with Crippen LogP contribution in [0, 0.1) is 6.92 Å². The average Bonchev–Trinajstić information content (AvgIpc) is 3.01. The quantitative estimate of drug-likeness (QED) is 0.507. The molecule has 8 heteroatoms. The molecule has 0 unspecified atom stereocenters. The van der Waals surface area contributed by atoms with E-state index in [-0.39, 0.29) is 0 Å². The monoisotopic (exact) mass is 390 g/mol. The number of benzene rings is 2. The van der Waals surface area contributed by atoms with Crippen LogP contribution >= 0.6 is 23.4 Å². The minimum Gasteiger partial charge on any atom is -0.493 e. The molecule has 0 radical (unpaired) electrons. The molecule has 26 heavy (non-hydrogen) atoms. The normalized spacial score (nSPS) is 10.8. The van der Waals surface area contributed by atoms with Gasteiger partial charge in [-0.05, 0) is 54.4 Å². The van der Waals surface area contributed by atoms with Crippen molar-refractivity contribution >= 4 is 23.4 Å². The molecule has 0 aliphatic carbocycles. The molecule has 3 aromatic rings. The Morgan fingerprint density at radius 1 is 1.08 bits per heavy atom. The van der Waals surface area contributed by atoms with Gasteiger partial charge in [-0.25, -0.2) is 4.68 Å². The highest BCUT2D eigenvalue weighted by Crippen LogP contribution is 2.33. The summed E-state index contributed by atoms with van der Waals surface area (Å²) in [5.74, 6) is 8.86. The number of ether oxygens (including phenoxy) is 2. The van der Waals surface area contributed by atoms with Gasteiger partial charge in [0.15, 0.2) is 17.3 Å². The van der Waals surface area contributed by atoms with Gasteiger partial charge in [-0.2, -0.15) is 0 Å². The van der Waals surface area contributed by atoms with Crippen molar-refractivity contribution in [1.82, 2.24) is 14.9 Å². The molecule has 136 valence electrons. The summed E-state index contributed by atoms with van der Waals surface area (Å²) in [6, 6.07) is 11.3. The molecule has 0 spiro atoms. The minimum atomic E-state index is 0.591. The van der Waals surface area contributed by atoms with E-state index in [4.69, 9.17) is 26.9 Å². The van der Waals surface area contributed by atoms with Gasteiger partial charge in [-0.3, -0.25) is 0 Å². The maximum absolute atomic E-state index is 6.17. The summed E-state index contributed by atoms with van der Waals surface area (Å²) in [5, 5.41) is 9.68. The topological polar surface area (TPSA) is 75.2 Å². The van der Waals surface area contributed by atoms with Crippen LogP contribution in [0.4, 0.5) is 0 Å². The predicted octanol–water partition coefficient (Wildman–Crippen LogP) is 3.93. The Balaban J connectivity index is 1.80. The minimum absolute atomic E-state index is 0.591. The summed E-state index contributed by atoms with van der Waals surface area (Å²) in [4.78, 5) is 0. The van der Waals surface area contributed by atoms with Crippen LogP contribution in [-0.4, -0.2) is 29.1 Å². The lowest BCUT2D eigenvalue weighted by Crippen LogP contribution is -2.11. The number of thioether (sulfide) groups is 1. The van der Waals surface area contributed by atoms with E-state index in [1.54, 1.807) is 26.4 Å².